The third-order valence-electron chi connectivity index (χ3n) is 3.34. The molecule has 2 aromatic rings. The van der Waals surface area contributed by atoms with E-state index in [1.165, 1.54) is 21.1 Å². The van der Waals surface area contributed by atoms with E-state index < -0.39 is 0 Å². The fraction of sp³-hybridized carbons (Fsp3) is 0.222. The summed E-state index contributed by atoms with van der Waals surface area (Å²) in [5.74, 6) is 0.525. The summed E-state index contributed by atoms with van der Waals surface area (Å²) < 4.78 is 10.5. The van der Waals surface area contributed by atoms with E-state index in [1.807, 2.05) is 30.3 Å². The molecule has 2 rings (SSSR count). The second kappa shape index (κ2) is 7.45. The molecule has 0 fully saturated rings. The minimum absolute atomic E-state index is 0.110. The number of hydrogen-bond donors (Lipinski definition) is 1. The zero-order chi connectivity index (χ0) is 16.8. The van der Waals surface area contributed by atoms with Crippen molar-refractivity contribution in [2.45, 2.75) is 13.3 Å². The van der Waals surface area contributed by atoms with Gasteiger partial charge < -0.3 is 14.8 Å². The molecule has 0 aliphatic heterocycles. The van der Waals surface area contributed by atoms with Gasteiger partial charge in [0.05, 0.1) is 19.9 Å². The lowest BCUT2D eigenvalue weighted by molar-refractivity contribution is -0.114. The summed E-state index contributed by atoms with van der Waals surface area (Å²) in [7, 11) is 3.00. The van der Waals surface area contributed by atoms with Crippen LogP contribution in [-0.2, 0) is 11.2 Å². The largest absolute Gasteiger partial charge is 0.493 e. The number of ether oxygens (including phenoxy) is 2. The number of methoxy groups -OCH3 is 2. The van der Waals surface area contributed by atoms with Crippen LogP contribution in [0.3, 0.4) is 0 Å². The maximum absolute atomic E-state index is 12.6. The average molecular weight is 313 g/mol. The van der Waals surface area contributed by atoms with Gasteiger partial charge in [-0.2, -0.15) is 0 Å². The Morgan fingerprint density at radius 1 is 1.00 bits per heavy atom. The number of Topliss-reactive ketones (excluding diaryl/α,β-unsaturated/α-hetero) is 1. The Morgan fingerprint density at radius 2 is 1.61 bits per heavy atom. The minimum Gasteiger partial charge on any atom is -0.493 e. The molecule has 0 aliphatic carbocycles. The van der Waals surface area contributed by atoms with Gasteiger partial charge in [0.15, 0.2) is 17.3 Å². The van der Waals surface area contributed by atoms with Crippen molar-refractivity contribution in [2.75, 3.05) is 19.5 Å². The van der Waals surface area contributed by atoms with E-state index in [0.717, 1.165) is 5.56 Å². The van der Waals surface area contributed by atoms with E-state index >= 15 is 0 Å². The van der Waals surface area contributed by atoms with Gasteiger partial charge in [0.2, 0.25) is 5.91 Å². The topological polar surface area (TPSA) is 64.6 Å². The quantitative estimate of drug-likeness (QED) is 0.832. The lowest BCUT2D eigenvalue weighted by atomic mass is 10.0. The Morgan fingerprint density at radius 3 is 2.17 bits per heavy atom. The van der Waals surface area contributed by atoms with Crippen LogP contribution in [-0.4, -0.2) is 25.9 Å². The summed E-state index contributed by atoms with van der Waals surface area (Å²) in [5, 5.41) is 2.67. The number of hydrogen-bond acceptors (Lipinski definition) is 4. The molecule has 1 N–H and O–H groups in total. The molecule has 0 bridgehead atoms. The summed E-state index contributed by atoms with van der Waals surface area (Å²) in [4.78, 5) is 24.0. The van der Waals surface area contributed by atoms with Gasteiger partial charge in [-0.15, -0.1) is 0 Å². The van der Waals surface area contributed by atoms with Crippen molar-refractivity contribution in [1.82, 2.24) is 0 Å². The van der Waals surface area contributed by atoms with Gasteiger partial charge in [-0.3, -0.25) is 9.59 Å². The third-order valence-corrected chi connectivity index (χ3v) is 3.34. The molecule has 0 saturated carbocycles. The normalized spacial score (nSPS) is 10.0. The second-order valence-corrected chi connectivity index (χ2v) is 5.02. The van der Waals surface area contributed by atoms with Crippen molar-refractivity contribution in [3.8, 4) is 11.5 Å². The van der Waals surface area contributed by atoms with Crippen molar-refractivity contribution < 1.29 is 19.1 Å². The van der Waals surface area contributed by atoms with Gasteiger partial charge in [0, 0.05) is 25.0 Å². The standard InChI is InChI=1S/C18H19NO4/c1-12(20)19-15-11-18(23-3)17(22-2)10-14(15)16(21)9-13-7-5-4-6-8-13/h4-8,10-11H,9H2,1-3H3,(H,19,20). The van der Waals surface area contributed by atoms with Crippen molar-refractivity contribution in [2.24, 2.45) is 0 Å². The molecule has 0 unspecified atom stereocenters. The molecule has 0 aliphatic rings. The molecule has 5 nitrogen and oxygen atoms in total. The zero-order valence-corrected chi connectivity index (χ0v) is 13.4. The van der Waals surface area contributed by atoms with Crippen LogP contribution < -0.4 is 14.8 Å². The van der Waals surface area contributed by atoms with Crippen molar-refractivity contribution in [3.63, 3.8) is 0 Å². The van der Waals surface area contributed by atoms with Crippen LogP contribution in [0.25, 0.3) is 0 Å². The Labute approximate surface area is 135 Å². The molecule has 0 atom stereocenters. The molecule has 120 valence electrons. The predicted octanol–water partition coefficient (Wildman–Crippen LogP) is 3.09. The molecular weight excluding hydrogens is 294 g/mol. The highest BCUT2D eigenvalue weighted by atomic mass is 16.5. The van der Waals surface area contributed by atoms with Crippen LogP contribution >= 0.6 is 0 Å². The highest BCUT2D eigenvalue weighted by Gasteiger charge is 2.18. The van der Waals surface area contributed by atoms with Crippen molar-refractivity contribution in [1.29, 1.82) is 0 Å². The molecule has 1 amide bonds. The fourth-order valence-corrected chi connectivity index (χ4v) is 2.28. The highest BCUT2D eigenvalue weighted by molar-refractivity contribution is 6.06. The molecule has 0 heterocycles. The van der Waals surface area contributed by atoms with E-state index in [0.29, 0.717) is 22.7 Å². The molecule has 0 radical (unpaired) electrons. The van der Waals surface area contributed by atoms with E-state index in [4.69, 9.17) is 9.47 Å². The first-order valence-electron chi connectivity index (χ1n) is 7.16. The molecule has 5 heteroatoms. The van der Waals surface area contributed by atoms with Crippen LogP contribution in [0.5, 0.6) is 11.5 Å². The lowest BCUT2D eigenvalue weighted by Gasteiger charge is -2.14. The van der Waals surface area contributed by atoms with E-state index in [1.54, 1.807) is 12.1 Å². The third kappa shape index (κ3) is 4.10. The zero-order valence-electron chi connectivity index (χ0n) is 13.4. The Balaban J connectivity index is 2.41. The first-order chi connectivity index (χ1) is 11.0. The number of carbonyl (C=O) groups excluding carboxylic acids is 2. The molecule has 2 aromatic carbocycles. The summed E-state index contributed by atoms with van der Waals surface area (Å²) in [5.41, 5.74) is 1.71. The molecule has 23 heavy (non-hydrogen) atoms. The predicted molar refractivity (Wildman–Crippen MR) is 88.3 cm³/mol. The van der Waals surface area contributed by atoms with Crippen LogP contribution in [0.4, 0.5) is 5.69 Å². The maximum Gasteiger partial charge on any atom is 0.221 e. The summed E-state index contributed by atoms with van der Waals surface area (Å²) in [6, 6.07) is 12.6. The van der Waals surface area contributed by atoms with Gasteiger partial charge in [-0.25, -0.2) is 0 Å². The Hall–Kier alpha value is -2.82. The lowest BCUT2D eigenvalue weighted by Crippen LogP contribution is -2.13. The molecule has 0 aromatic heterocycles. The van der Waals surface area contributed by atoms with Crippen LogP contribution in [0.15, 0.2) is 42.5 Å². The number of carbonyl (C=O) groups is 2. The SMILES string of the molecule is COc1cc(NC(C)=O)c(C(=O)Cc2ccccc2)cc1OC. The van der Waals surface area contributed by atoms with E-state index in [9.17, 15) is 9.59 Å². The number of anilines is 1. The summed E-state index contributed by atoms with van der Waals surface area (Å²) in [6.45, 7) is 1.39. The summed E-state index contributed by atoms with van der Waals surface area (Å²) >= 11 is 0. The van der Waals surface area contributed by atoms with Gasteiger partial charge in [0.1, 0.15) is 0 Å². The van der Waals surface area contributed by atoms with Crippen molar-refractivity contribution >= 4 is 17.4 Å². The van der Waals surface area contributed by atoms with Crippen LogP contribution in [0, 0.1) is 0 Å². The number of nitrogens with one attached hydrogen (secondary N) is 1. The Kier molecular flexibility index (Phi) is 5.36. The first-order valence-corrected chi connectivity index (χ1v) is 7.16. The van der Waals surface area contributed by atoms with Gasteiger partial charge in [-0.05, 0) is 11.6 Å². The van der Waals surface area contributed by atoms with E-state index in [-0.39, 0.29) is 18.1 Å². The number of ketones is 1. The monoisotopic (exact) mass is 313 g/mol. The van der Waals surface area contributed by atoms with Gasteiger partial charge in [-0.1, -0.05) is 30.3 Å². The first kappa shape index (κ1) is 16.5. The number of benzene rings is 2. The number of rotatable bonds is 6. The molecule has 0 spiro atoms. The summed E-state index contributed by atoms with van der Waals surface area (Å²) in [6.07, 6.45) is 0.239. The Bertz CT molecular complexity index is 710. The minimum atomic E-state index is -0.258. The molecule has 0 saturated heterocycles. The van der Waals surface area contributed by atoms with Crippen LogP contribution in [0.1, 0.15) is 22.8 Å². The molecular formula is C18H19NO4. The fourth-order valence-electron chi connectivity index (χ4n) is 2.28. The average Bonchev–Trinajstić information content (AvgIpc) is 2.54. The van der Waals surface area contributed by atoms with Crippen molar-refractivity contribution in [3.05, 3.63) is 53.6 Å². The number of amides is 1. The van der Waals surface area contributed by atoms with Gasteiger partial charge in [0.25, 0.3) is 0 Å². The highest BCUT2D eigenvalue weighted by Crippen LogP contribution is 2.34. The second-order valence-electron chi connectivity index (χ2n) is 5.02. The maximum atomic E-state index is 12.6. The van der Waals surface area contributed by atoms with E-state index in [2.05, 4.69) is 5.32 Å². The van der Waals surface area contributed by atoms with Gasteiger partial charge >= 0.3 is 0 Å². The smallest absolute Gasteiger partial charge is 0.221 e. The van der Waals surface area contributed by atoms with Crippen LogP contribution in [0.2, 0.25) is 0 Å².